The van der Waals surface area contributed by atoms with Gasteiger partial charge in [0, 0.05) is 31.3 Å². The monoisotopic (exact) mass is 477 g/mol. The highest BCUT2D eigenvalue weighted by Gasteiger charge is 2.60. The van der Waals surface area contributed by atoms with E-state index in [0.717, 1.165) is 60.2 Å². The summed E-state index contributed by atoms with van der Waals surface area (Å²) in [5, 5.41) is 9.36. The number of hydrogen-bond acceptors (Lipinski definition) is 6. The molecule has 2 aromatic heterocycles. The number of rotatable bonds is 7. The zero-order valence-corrected chi connectivity index (χ0v) is 19.6. The van der Waals surface area contributed by atoms with Crippen LogP contribution in [-0.2, 0) is 18.6 Å². The second-order valence-electron chi connectivity index (χ2n) is 9.15. The molecule has 6 nitrogen and oxygen atoms in total. The van der Waals surface area contributed by atoms with Crippen LogP contribution in [-0.4, -0.2) is 50.0 Å². The number of hydrogen-bond donors (Lipinski definition) is 0. The standard InChI is InChI=1S/C23H26F3N5OS/c1-14-9-16(23(24,25)26)5-6-18(14)22-10-17(22)11-31(12-22)7-4-8-33-21-29-28-20(30(21)3)19-15(2)27-13-32-19/h5-6,9,13,17H,4,7-8,10-12H2,1-3H3/t17-,22-/m1/s1. The second kappa shape index (κ2) is 8.16. The highest BCUT2D eigenvalue weighted by Crippen LogP contribution is 2.59. The summed E-state index contributed by atoms with van der Waals surface area (Å²) < 4.78 is 46.4. The van der Waals surface area contributed by atoms with Crippen molar-refractivity contribution in [2.24, 2.45) is 13.0 Å². The van der Waals surface area contributed by atoms with Gasteiger partial charge in [-0.2, -0.15) is 13.2 Å². The highest BCUT2D eigenvalue weighted by atomic mass is 32.2. The summed E-state index contributed by atoms with van der Waals surface area (Å²) in [5.74, 6) is 2.76. The lowest BCUT2D eigenvalue weighted by atomic mass is 9.90. The van der Waals surface area contributed by atoms with Gasteiger partial charge < -0.3 is 13.9 Å². The van der Waals surface area contributed by atoms with Crippen LogP contribution in [0.1, 0.15) is 35.2 Å². The van der Waals surface area contributed by atoms with Crippen molar-refractivity contribution in [3.63, 3.8) is 0 Å². The molecule has 33 heavy (non-hydrogen) atoms. The number of fused-ring (bicyclic) bond motifs is 1. The predicted octanol–water partition coefficient (Wildman–Crippen LogP) is 4.86. The van der Waals surface area contributed by atoms with Crippen LogP contribution in [0.5, 0.6) is 0 Å². The first-order valence-corrected chi connectivity index (χ1v) is 12.0. The van der Waals surface area contributed by atoms with Crippen molar-refractivity contribution in [3.8, 4) is 11.6 Å². The number of aryl methyl sites for hydroxylation is 2. The third kappa shape index (κ3) is 4.07. The van der Waals surface area contributed by atoms with Gasteiger partial charge in [-0.25, -0.2) is 4.98 Å². The molecule has 0 spiro atoms. The molecule has 3 aromatic rings. The van der Waals surface area contributed by atoms with Crippen molar-refractivity contribution in [3.05, 3.63) is 47.0 Å². The van der Waals surface area contributed by atoms with Gasteiger partial charge in [0.1, 0.15) is 0 Å². The second-order valence-corrected chi connectivity index (χ2v) is 10.2. The number of aromatic nitrogens is 4. The quantitative estimate of drug-likeness (QED) is 0.358. The Balaban J connectivity index is 1.15. The van der Waals surface area contributed by atoms with E-state index in [9.17, 15) is 13.2 Å². The van der Waals surface area contributed by atoms with Crippen molar-refractivity contribution in [1.82, 2.24) is 24.6 Å². The molecule has 2 atom stereocenters. The lowest BCUT2D eigenvalue weighted by Gasteiger charge is -2.22. The van der Waals surface area contributed by atoms with Crippen LogP contribution < -0.4 is 0 Å². The Hall–Kier alpha value is -2.33. The van der Waals surface area contributed by atoms with Crippen LogP contribution in [0.2, 0.25) is 0 Å². The minimum atomic E-state index is -4.29. The summed E-state index contributed by atoms with van der Waals surface area (Å²) in [7, 11) is 1.92. The summed E-state index contributed by atoms with van der Waals surface area (Å²) in [4.78, 5) is 6.56. The number of halogens is 3. The molecule has 0 unspecified atom stereocenters. The van der Waals surface area contributed by atoms with Crippen molar-refractivity contribution in [2.45, 2.75) is 43.4 Å². The first-order valence-electron chi connectivity index (χ1n) is 11.0. The molecule has 3 heterocycles. The van der Waals surface area contributed by atoms with Gasteiger partial charge in [0.15, 0.2) is 17.3 Å². The highest BCUT2D eigenvalue weighted by molar-refractivity contribution is 7.99. The largest absolute Gasteiger partial charge is 0.440 e. The van der Waals surface area contributed by atoms with E-state index in [1.165, 1.54) is 18.5 Å². The van der Waals surface area contributed by atoms with Gasteiger partial charge in [-0.3, -0.25) is 0 Å². The molecule has 1 aromatic carbocycles. The Morgan fingerprint density at radius 3 is 2.76 bits per heavy atom. The zero-order chi connectivity index (χ0) is 23.4. The first-order chi connectivity index (χ1) is 15.7. The number of benzene rings is 1. The molecular formula is C23H26F3N5OS. The average Bonchev–Trinajstić information content (AvgIpc) is 3.06. The van der Waals surface area contributed by atoms with Crippen LogP contribution in [0.4, 0.5) is 13.2 Å². The number of oxazole rings is 1. The third-order valence-corrected chi connectivity index (χ3v) is 8.05. The van der Waals surface area contributed by atoms with E-state index in [0.29, 0.717) is 17.5 Å². The van der Waals surface area contributed by atoms with E-state index in [1.807, 2.05) is 25.5 Å². The van der Waals surface area contributed by atoms with Gasteiger partial charge in [-0.1, -0.05) is 17.8 Å². The lowest BCUT2D eigenvalue weighted by Crippen LogP contribution is -2.28. The predicted molar refractivity (Wildman–Crippen MR) is 119 cm³/mol. The maximum absolute atomic E-state index is 13.0. The number of piperidine rings is 1. The van der Waals surface area contributed by atoms with Gasteiger partial charge in [0.05, 0.1) is 11.3 Å². The van der Waals surface area contributed by atoms with Crippen molar-refractivity contribution >= 4 is 11.8 Å². The smallest absolute Gasteiger partial charge is 0.416 e. The topological polar surface area (TPSA) is 60.0 Å². The average molecular weight is 478 g/mol. The Morgan fingerprint density at radius 2 is 2.06 bits per heavy atom. The molecule has 1 saturated heterocycles. The summed E-state index contributed by atoms with van der Waals surface area (Å²) in [5.41, 5.74) is 2.10. The van der Waals surface area contributed by atoms with Gasteiger partial charge >= 0.3 is 6.18 Å². The fourth-order valence-corrected chi connectivity index (χ4v) is 6.01. The van der Waals surface area contributed by atoms with Crippen molar-refractivity contribution in [1.29, 1.82) is 0 Å². The molecule has 1 aliphatic carbocycles. The van der Waals surface area contributed by atoms with Crippen molar-refractivity contribution < 1.29 is 17.6 Å². The van der Waals surface area contributed by atoms with Crippen LogP contribution in [0.3, 0.4) is 0 Å². The number of nitrogens with zero attached hydrogens (tertiary/aromatic N) is 5. The number of thioether (sulfide) groups is 1. The SMILES string of the molecule is Cc1cc(C(F)(F)F)ccc1[C@@]12C[C@@H]1CN(CCCSc1nnc(-c3ocnc3C)n1C)C2. The van der Waals surface area contributed by atoms with Crippen LogP contribution in [0, 0.1) is 19.8 Å². The molecule has 2 aliphatic rings. The van der Waals surface area contributed by atoms with Gasteiger partial charge in [-0.15, -0.1) is 10.2 Å². The summed E-state index contributed by atoms with van der Waals surface area (Å²) in [6.07, 6.45) is -0.803. The molecule has 0 amide bonds. The molecule has 1 aliphatic heterocycles. The molecule has 10 heteroatoms. The van der Waals surface area contributed by atoms with E-state index >= 15 is 0 Å². The van der Waals surface area contributed by atoms with E-state index in [4.69, 9.17) is 4.42 Å². The van der Waals surface area contributed by atoms with Crippen molar-refractivity contribution in [2.75, 3.05) is 25.4 Å². The minimum absolute atomic E-state index is 0.0365. The van der Waals surface area contributed by atoms with E-state index in [2.05, 4.69) is 20.1 Å². The number of alkyl halides is 3. The van der Waals surface area contributed by atoms with E-state index < -0.39 is 11.7 Å². The summed E-state index contributed by atoms with van der Waals surface area (Å²) >= 11 is 1.66. The fourth-order valence-electron chi connectivity index (χ4n) is 5.18. The van der Waals surface area contributed by atoms with E-state index in [-0.39, 0.29) is 5.41 Å². The third-order valence-electron chi connectivity index (χ3n) is 6.94. The number of likely N-dealkylation sites (tertiary alicyclic amines) is 1. The minimum Gasteiger partial charge on any atom is -0.440 e. The molecule has 0 bridgehead atoms. The van der Waals surface area contributed by atoms with Crippen LogP contribution in [0.15, 0.2) is 34.2 Å². The molecule has 0 radical (unpaired) electrons. The normalized spacial score (nSPS) is 22.7. The summed E-state index contributed by atoms with van der Waals surface area (Å²) in [6, 6.07) is 4.24. The molecule has 1 saturated carbocycles. The van der Waals surface area contributed by atoms with Gasteiger partial charge in [-0.05, 0) is 62.4 Å². The lowest BCUT2D eigenvalue weighted by molar-refractivity contribution is -0.137. The van der Waals surface area contributed by atoms with E-state index in [1.54, 1.807) is 17.8 Å². The fraction of sp³-hybridized carbons (Fsp3) is 0.522. The van der Waals surface area contributed by atoms with Crippen LogP contribution >= 0.6 is 11.8 Å². The molecule has 2 fully saturated rings. The maximum Gasteiger partial charge on any atom is 0.416 e. The Bertz CT molecular complexity index is 1170. The Labute approximate surface area is 194 Å². The maximum atomic E-state index is 13.0. The molecule has 0 N–H and O–H groups in total. The molecule has 176 valence electrons. The van der Waals surface area contributed by atoms with Gasteiger partial charge in [0.25, 0.3) is 0 Å². The van der Waals surface area contributed by atoms with Gasteiger partial charge in [0.2, 0.25) is 5.82 Å². The summed E-state index contributed by atoms with van der Waals surface area (Å²) in [6.45, 7) is 6.59. The molecular weight excluding hydrogens is 451 g/mol. The Kier molecular flexibility index (Phi) is 5.55. The van der Waals surface area contributed by atoms with Crippen LogP contribution in [0.25, 0.3) is 11.6 Å². The molecule has 5 rings (SSSR count). The zero-order valence-electron chi connectivity index (χ0n) is 18.8. The first kappa shape index (κ1) is 22.5. The Morgan fingerprint density at radius 1 is 1.24 bits per heavy atom.